The molecule has 0 spiro atoms. The topological polar surface area (TPSA) is 113 Å². The molecule has 7 nitrogen and oxygen atoms in total. The summed E-state index contributed by atoms with van der Waals surface area (Å²) in [6, 6.07) is 13.6. The van der Waals surface area contributed by atoms with Gasteiger partial charge in [-0.25, -0.2) is 4.98 Å². The van der Waals surface area contributed by atoms with Crippen molar-refractivity contribution in [3.63, 3.8) is 0 Å². The number of nitrogens with zero attached hydrogens (tertiary/aromatic N) is 2. The van der Waals surface area contributed by atoms with Gasteiger partial charge < -0.3 is 16.0 Å². The predicted octanol–water partition coefficient (Wildman–Crippen LogP) is 3.31. The molecule has 0 saturated carbocycles. The SMILES string of the molecule is Nc1ncc(-c2cccc(NC(=O)c3ccccc3N=O)c2)[nH]1. The minimum atomic E-state index is -0.401. The van der Waals surface area contributed by atoms with E-state index in [9.17, 15) is 9.70 Å². The number of H-pyrrole nitrogens is 1. The lowest BCUT2D eigenvalue weighted by Crippen LogP contribution is -2.12. The van der Waals surface area contributed by atoms with Crippen molar-refractivity contribution in [1.29, 1.82) is 0 Å². The Morgan fingerprint density at radius 3 is 2.74 bits per heavy atom. The zero-order valence-electron chi connectivity index (χ0n) is 12.0. The highest BCUT2D eigenvalue weighted by atomic mass is 16.3. The molecular weight excluding hydrogens is 294 g/mol. The highest BCUT2D eigenvalue weighted by molar-refractivity contribution is 6.07. The van der Waals surface area contributed by atoms with Crippen molar-refractivity contribution in [3.05, 3.63) is 65.2 Å². The van der Waals surface area contributed by atoms with Crippen molar-refractivity contribution in [2.24, 2.45) is 5.18 Å². The monoisotopic (exact) mass is 307 g/mol. The summed E-state index contributed by atoms with van der Waals surface area (Å²) in [5.74, 6) is -0.0816. The van der Waals surface area contributed by atoms with Gasteiger partial charge in [0.05, 0.1) is 17.5 Å². The molecule has 0 bridgehead atoms. The van der Waals surface area contributed by atoms with Crippen LogP contribution in [0.4, 0.5) is 17.3 Å². The summed E-state index contributed by atoms with van der Waals surface area (Å²) in [4.78, 5) is 29.9. The summed E-state index contributed by atoms with van der Waals surface area (Å²) in [5, 5.41) is 5.61. The Hall–Kier alpha value is -3.48. The molecule has 23 heavy (non-hydrogen) atoms. The number of hydrogen-bond donors (Lipinski definition) is 3. The molecule has 0 radical (unpaired) electrons. The molecule has 3 aromatic rings. The number of nitroso groups, excluding NO2 is 1. The second-order valence-electron chi connectivity index (χ2n) is 4.83. The summed E-state index contributed by atoms with van der Waals surface area (Å²) >= 11 is 0. The van der Waals surface area contributed by atoms with Crippen molar-refractivity contribution in [2.75, 3.05) is 11.1 Å². The summed E-state index contributed by atoms with van der Waals surface area (Å²) in [7, 11) is 0. The fourth-order valence-corrected chi connectivity index (χ4v) is 2.19. The number of hydrogen-bond acceptors (Lipinski definition) is 5. The largest absolute Gasteiger partial charge is 0.369 e. The van der Waals surface area contributed by atoms with Gasteiger partial charge in [-0.3, -0.25) is 4.79 Å². The van der Waals surface area contributed by atoms with Gasteiger partial charge in [0.15, 0.2) is 5.95 Å². The summed E-state index contributed by atoms with van der Waals surface area (Å²) in [6.45, 7) is 0. The van der Waals surface area contributed by atoms with Crippen molar-refractivity contribution in [3.8, 4) is 11.3 Å². The van der Waals surface area contributed by atoms with Crippen LogP contribution in [0.1, 0.15) is 10.4 Å². The van der Waals surface area contributed by atoms with Gasteiger partial charge in [-0.15, -0.1) is 4.91 Å². The number of aromatic nitrogens is 2. The maximum atomic E-state index is 12.3. The summed E-state index contributed by atoms with van der Waals surface area (Å²) < 4.78 is 0. The average Bonchev–Trinajstić information content (AvgIpc) is 3.01. The van der Waals surface area contributed by atoms with Gasteiger partial charge in [-0.2, -0.15) is 0 Å². The molecule has 0 aliphatic rings. The number of nitrogens with two attached hydrogens (primary N) is 1. The fraction of sp³-hybridized carbons (Fsp3) is 0. The molecule has 2 aromatic carbocycles. The van der Waals surface area contributed by atoms with E-state index in [-0.39, 0.29) is 11.3 Å². The lowest BCUT2D eigenvalue weighted by molar-refractivity contribution is 0.102. The second kappa shape index (κ2) is 6.10. The van der Waals surface area contributed by atoms with Crippen LogP contribution in [0.2, 0.25) is 0 Å². The van der Waals surface area contributed by atoms with Crippen molar-refractivity contribution in [2.45, 2.75) is 0 Å². The number of carbonyl (C=O) groups is 1. The molecule has 0 aliphatic carbocycles. The normalized spacial score (nSPS) is 10.3. The van der Waals surface area contributed by atoms with E-state index in [1.54, 1.807) is 42.6 Å². The Morgan fingerprint density at radius 1 is 1.17 bits per heavy atom. The van der Waals surface area contributed by atoms with E-state index in [1.807, 2.05) is 6.07 Å². The number of amides is 1. The Balaban J connectivity index is 1.86. The van der Waals surface area contributed by atoms with E-state index in [0.29, 0.717) is 11.6 Å². The Bertz CT molecular complexity index is 872. The molecule has 1 heterocycles. The first-order chi connectivity index (χ1) is 11.2. The standard InChI is InChI=1S/C16H13N5O2/c17-16-18-9-14(20-16)10-4-3-5-11(8-10)19-15(22)12-6-1-2-7-13(12)21-23/h1-9H,(H,19,22)(H3,17,18,20). The Labute approximate surface area is 131 Å². The molecule has 0 aliphatic heterocycles. The number of aromatic amines is 1. The molecule has 0 atom stereocenters. The minimum absolute atomic E-state index is 0.0995. The zero-order valence-corrected chi connectivity index (χ0v) is 12.0. The maximum Gasteiger partial charge on any atom is 0.257 e. The number of nitrogens with one attached hydrogen (secondary N) is 2. The maximum absolute atomic E-state index is 12.3. The van der Waals surface area contributed by atoms with E-state index in [1.165, 1.54) is 6.07 Å². The molecule has 3 rings (SSSR count). The van der Waals surface area contributed by atoms with E-state index in [4.69, 9.17) is 5.73 Å². The third-order valence-corrected chi connectivity index (χ3v) is 3.27. The van der Waals surface area contributed by atoms with Crippen LogP contribution in [0.15, 0.2) is 59.9 Å². The van der Waals surface area contributed by atoms with Gasteiger partial charge >= 0.3 is 0 Å². The number of benzene rings is 2. The van der Waals surface area contributed by atoms with Crippen LogP contribution in [-0.4, -0.2) is 15.9 Å². The molecule has 0 fully saturated rings. The van der Waals surface area contributed by atoms with E-state index in [2.05, 4.69) is 20.5 Å². The highest BCUT2D eigenvalue weighted by Crippen LogP contribution is 2.23. The van der Waals surface area contributed by atoms with Crippen LogP contribution in [0.3, 0.4) is 0 Å². The van der Waals surface area contributed by atoms with Crippen LogP contribution in [0.5, 0.6) is 0 Å². The third kappa shape index (κ3) is 3.08. The van der Waals surface area contributed by atoms with Crippen LogP contribution >= 0.6 is 0 Å². The van der Waals surface area contributed by atoms with Crippen LogP contribution in [0, 0.1) is 4.91 Å². The smallest absolute Gasteiger partial charge is 0.257 e. The van der Waals surface area contributed by atoms with E-state index >= 15 is 0 Å². The zero-order chi connectivity index (χ0) is 16.2. The number of imidazole rings is 1. The number of carbonyl (C=O) groups excluding carboxylic acids is 1. The molecule has 7 heteroatoms. The third-order valence-electron chi connectivity index (χ3n) is 3.27. The first kappa shape index (κ1) is 14.5. The van der Waals surface area contributed by atoms with Crippen LogP contribution in [-0.2, 0) is 0 Å². The Morgan fingerprint density at radius 2 is 2.00 bits per heavy atom. The molecule has 0 unspecified atom stereocenters. The quantitative estimate of drug-likeness (QED) is 0.641. The van der Waals surface area contributed by atoms with E-state index in [0.717, 1.165) is 11.3 Å². The summed E-state index contributed by atoms with van der Waals surface area (Å²) in [5.41, 5.74) is 8.04. The van der Waals surface area contributed by atoms with Crippen LogP contribution in [0.25, 0.3) is 11.3 Å². The number of nitrogen functional groups attached to an aromatic ring is 1. The second-order valence-corrected chi connectivity index (χ2v) is 4.83. The van der Waals surface area contributed by atoms with Crippen molar-refractivity contribution in [1.82, 2.24) is 9.97 Å². The lowest BCUT2D eigenvalue weighted by atomic mass is 10.1. The first-order valence-electron chi connectivity index (χ1n) is 6.82. The molecular formula is C16H13N5O2. The summed E-state index contributed by atoms with van der Waals surface area (Å²) in [6.07, 6.45) is 1.61. The van der Waals surface area contributed by atoms with E-state index < -0.39 is 5.91 Å². The molecule has 114 valence electrons. The van der Waals surface area contributed by atoms with Crippen molar-refractivity contribution < 1.29 is 4.79 Å². The Kier molecular flexibility index (Phi) is 3.84. The first-order valence-corrected chi connectivity index (χ1v) is 6.82. The van der Waals surface area contributed by atoms with Gasteiger partial charge in [0.2, 0.25) is 0 Å². The average molecular weight is 307 g/mol. The van der Waals surface area contributed by atoms with Gasteiger partial charge in [0.25, 0.3) is 5.91 Å². The molecule has 4 N–H and O–H groups in total. The fourth-order valence-electron chi connectivity index (χ4n) is 2.19. The lowest BCUT2D eigenvalue weighted by Gasteiger charge is -2.07. The molecule has 1 amide bonds. The number of anilines is 2. The van der Waals surface area contributed by atoms with Gasteiger partial charge in [-0.1, -0.05) is 24.3 Å². The van der Waals surface area contributed by atoms with Crippen molar-refractivity contribution >= 4 is 23.2 Å². The number of rotatable bonds is 4. The molecule has 0 saturated heterocycles. The van der Waals surface area contributed by atoms with Crippen LogP contribution < -0.4 is 11.1 Å². The predicted molar refractivity (Wildman–Crippen MR) is 88.3 cm³/mol. The minimum Gasteiger partial charge on any atom is -0.369 e. The highest BCUT2D eigenvalue weighted by Gasteiger charge is 2.12. The van der Waals surface area contributed by atoms with Gasteiger partial charge in [0, 0.05) is 11.3 Å². The van der Waals surface area contributed by atoms with Gasteiger partial charge in [-0.05, 0) is 29.4 Å². The van der Waals surface area contributed by atoms with Gasteiger partial charge in [0.1, 0.15) is 5.69 Å². The molecule has 1 aromatic heterocycles.